The van der Waals surface area contributed by atoms with Gasteiger partial charge in [0.25, 0.3) is 5.91 Å². The topological polar surface area (TPSA) is 94.0 Å². The summed E-state index contributed by atoms with van der Waals surface area (Å²) in [4.78, 5) is 20.9. The van der Waals surface area contributed by atoms with Crippen molar-refractivity contribution in [2.24, 2.45) is 0 Å². The van der Waals surface area contributed by atoms with Gasteiger partial charge in [-0.3, -0.25) is 20.4 Å². The molecule has 0 atom stereocenters. The van der Waals surface area contributed by atoms with Crippen LogP contribution in [0.5, 0.6) is 0 Å². The Morgan fingerprint density at radius 1 is 1.18 bits per heavy atom. The van der Waals surface area contributed by atoms with Crippen LogP contribution >= 0.6 is 11.6 Å². The van der Waals surface area contributed by atoms with E-state index in [9.17, 15) is 9.59 Å². The lowest BCUT2D eigenvalue weighted by Gasteiger charge is -2.10. The Hall–Kier alpha value is -3.04. The van der Waals surface area contributed by atoms with E-state index in [0.29, 0.717) is 22.6 Å². The number of hydrogen-bond donors (Lipinski definition) is 3. The first-order chi connectivity index (χ1) is 13.5. The minimum absolute atomic E-state index is 0.331. The summed E-state index contributed by atoms with van der Waals surface area (Å²) in [5.74, 6) is -0.331. The molecular weight excluding hydrogens is 376 g/mol. The molecule has 2 rings (SSSR count). The van der Waals surface area contributed by atoms with E-state index in [4.69, 9.17) is 16.9 Å². The normalized spacial score (nSPS) is 8.71. The standard InChI is InChI=1S/C11H13ClN2.C8H8N2O2.C2H6/c1-3-6-14-10-5-4-9(7-13)11(12)8(10)2;11-6-9-10-8(12)7-4-2-1-3-5-7;1-2/h4-5,14H,3,6H2,1-2H3;1-6H,(H,9,11)(H,10,12);1-2H3. The number of carbonyl (C=O) groups is 2. The van der Waals surface area contributed by atoms with Crippen molar-refractivity contribution in [2.75, 3.05) is 11.9 Å². The third-order valence-corrected chi connectivity index (χ3v) is 3.84. The van der Waals surface area contributed by atoms with Gasteiger partial charge in [0.05, 0.1) is 10.6 Å². The van der Waals surface area contributed by atoms with E-state index < -0.39 is 0 Å². The third kappa shape index (κ3) is 8.56. The summed E-state index contributed by atoms with van der Waals surface area (Å²) in [5.41, 5.74) is 7.25. The number of benzene rings is 2. The number of rotatable bonds is 6. The molecule has 0 aromatic heterocycles. The Kier molecular flexibility index (Phi) is 13.4. The van der Waals surface area contributed by atoms with E-state index in [1.54, 1.807) is 30.3 Å². The molecule has 6 nitrogen and oxygen atoms in total. The summed E-state index contributed by atoms with van der Waals surface area (Å²) in [6.07, 6.45) is 1.47. The molecule has 3 N–H and O–H groups in total. The van der Waals surface area contributed by atoms with Crippen molar-refractivity contribution in [1.29, 1.82) is 5.26 Å². The lowest BCUT2D eigenvalue weighted by Crippen LogP contribution is -2.36. The highest BCUT2D eigenvalue weighted by Crippen LogP contribution is 2.26. The zero-order chi connectivity index (χ0) is 21.4. The quantitative estimate of drug-likeness (QED) is 0.491. The molecule has 150 valence electrons. The van der Waals surface area contributed by atoms with Gasteiger partial charge in [0.15, 0.2) is 0 Å². The number of amides is 2. The van der Waals surface area contributed by atoms with Gasteiger partial charge in [-0.1, -0.05) is 50.6 Å². The van der Waals surface area contributed by atoms with Gasteiger partial charge in [-0.05, 0) is 43.2 Å². The number of anilines is 1. The van der Waals surface area contributed by atoms with Crippen molar-refractivity contribution in [2.45, 2.75) is 34.1 Å². The first-order valence-corrected chi connectivity index (χ1v) is 9.40. The molecule has 0 aliphatic carbocycles. The zero-order valence-electron chi connectivity index (χ0n) is 16.7. The Balaban J connectivity index is 0.000000483. The van der Waals surface area contributed by atoms with Gasteiger partial charge >= 0.3 is 0 Å². The lowest BCUT2D eigenvalue weighted by molar-refractivity contribution is -0.110. The van der Waals surface area contributed by atoms with E-state index in [0.717, 1.165) is 24.2 Å². The first-order valence-electron chi connectivity index (χ1n) is 9.02. The van der Waals surface area contributed by atoms with Crippen LogP contribution in [0.4, 0.5) is 5.69 Å². The summed E-state index contributed by atoms with van der Waals surface area (Å²) in [6, 6.07) is 14.3. The number of carbonyl (C=O) groups excluding carboxylic acids is 2. The number of nitrogens with zero attached hydrogens (tertiary/aromatic N) is 1. The minimum Gasteiger partial charge on any atom is -0.385 e. The van der Waals surface area contributed by atoms with Crippen LogP contribution in [0.3, 0.4) is 0 Å². The van der Waals surface area contributed by atoms with Crippen molar-refractivity contribution < 1.29 is 9.59 Å². The van der Waals surface area contributed by atoms with E-state index in [1.807, 2.05) is 32.9 Å². The molecule has 0 bridgehead atoms. The molecule has 0 aliphatic rings. The second-order valence-electron chi connectivity index (χ2n) is 5.22. The molecule has 0 heterocycles. The van der Waals surface area contributed by atoms with Crippen molar-refractivity contribution in [1.82, 2.24) is 10.9 Å². The molecule has 2 aromatic carbocycles. The van der Waals surface area contributed by atoms with Gasteiger partial charge in [-0.2, -0.15) is 5.26 Å². The van der Waals surface area contributed by atoms with E-state index in [2.05, 4.69) is 29.2 Å². The molecule has 2 aromatic rings. The summed E-state index contributed by atoms with van der Waals surface area (Å²) in [5, 5.41) is 12.6. The van der Waals surface area contributed by atoms with Crippen LogP contribution in [0, 0.1) is 18.3 Å². The Labute approximate surface area is 171 Å². The fourth-order valence-corrected chi connectivity index (χ4v) is 2.19. The van der Waals surface area contributed by atoms with E-state index >= 15 is 0 Å². The smallest absolute Gasteiger partial charge is 0.269 e. The Morgan fingerprint density at radius 3 is 2.36 bits per heavy atom. The van der Waals surface area contributed by atoms with Gasteiger partial charge in [-0.25, -0.2) is 0 Å². The molecule has 2 amide bonds. The Bertz CT molecular complexity index is 774. The van der Waals surface area contributed by atoms with Crippen LogP contribution < -0.4 is 16.2 Å². The SMILES string of the molecule is CC.CCCNc1ccc(C#N)c(Cl)c1C.O=CNNC(=O)c1ccccc1. The molecule has 7 heteroatoms. The van der Waals surface area contributed by atoms with E-state index in [-0.39, 0.29) is 5.91 Å². The van der Waals surface area contributed by atoms with Crippen LogP contribution in [0.1, 0.15) is 48.7 Å². The summed E-state index contributed by atoms with van der Waals surface area (Å²) >= 11 is 6.01. The fourth-order valence-electron chi connectivity index (χ4n) is 1.98. The van der Waals surface area contributed by atoms with Crippen molar-refractivity contribution in [3.8, 4) is 6.07 Å². The molecule has 0 fully saturated rings. The van der Waals surface area contributed by atoms with Gasteiger partial charge in [-0.15, -0.1) is 0 Å². The highest BCUT2D eigenvalue weighted by atomic mass is 35.5. The maximum atomic E-state index is 11.1. The van der Waals surface area contributed by atoms with Crippen LogP contribution in [0.15, 0.2) is 42.5 Å². The second kappa shape index (κ2) is 15.1. The summed E-state index contributed by atoms with van der Waals surface area (Å²) in [6.45, 7) is 8.94. The molecular formula is C21H27ClN4O2. The molecule has 0 saturated carbocycles. The molecule has 0 unspecified atom stereocenters. The predicted molar refractivity (Wildman–Crippen MR) is 114 cm³/mol. The van der Waals surface area contributed by atoms with Gasteiger partial charge in [0, 0.05) is 17.8 Å². The second-order valence-corrected chi connectivity index (χ2v) is 5.60. The van der Waals surface area contributed by atoms with Crippen LogP contribution in [-0.2, 0) is 4.79 Å². The highest BCUT2D eigenvalue weighted by molar-refractivity contribution is 6.32. The number of hydrazine groups is 1. The van der Waals surface area contributed by atoms with Crippen molar-refractivity contribution in [3.63, 3.8) is 0 Å². The average molecular weight is 403 g/mol. The van der Waals surface area contributed by atoms with Crippen LogP contribution in [-0.4, -0.2) is 18.9 Å². The third-order valence-electron chi connectivity index (χ3n) is 3.35. The lowest BCUT2D eigenvalue weighted by atomic mass is 10.1. The molecule has 0 spiro atoms. The molecule has 0 aliphatic heterocycles. The number of nitrogens with one attached hydrogen (secondary N) is 3. The first kappa shape index (κ1) is 25.0. The maximum absolute atomic E-state index is 11.1. The van der Waals surface area contributed by atoms with Gasteiger partial charge in [0.1, 0.15) is 6.07 Å². The van der Waals surface area contributed by atoms with Gasteiger partial charge in [0.2, 0.25) is 6.41 Å². The summed E-state index contributed by atoms with van der Waals surface area (Å²) < 4.78 is 0. The monoisotopic (exact) mass is 402 g/mol. The maximum Gasteiger partial charge on any atom is 0.269 e. The number of hydrogen-bond acceptors (Lipinski definition) is 4. The molecule has 0 radical (unpaired) electrons. The zero-order valence-corrected chi connectivity index (χ0v) is 17.4. The minimum atomic E-state index is -0.331. The predicted octanol–water partition coefficient (Wildman–Crippen LogP) is 4.45. The van der Waals surface area contributed by atoms with Gasteiger partial charge < -0.3 is 5.32 Å². The van der Waals surface area contributed by atoms with E-state index in [1.165, 1.54) is 0 Å². The summed E-state index contributed by atoms with van der Waals surface area (Å²) in [7, 11) is 0. The fraction of sp³-hybridized carbons (Fsp3) is 0.286. The largest absolute Gasteiger partial charge is 0.385 e. The average Bonchev–Trinajstić information content (AvgIpc) is 2.75. The number of halogens is 1. The molecule has 0 saturated heterocycles. The van der Waals surface area contributed by atoms with Crippen molar-refractivity contribution in [3.05, 3.63) is 64.2 Å². The van der Waals surface area contributed by atoms with Crippen LogP contribution in [0.25, 0.3) is 0 Å². The van der Waals surface area contributed by atoms with Crippen LogP contribution in [0.2, 0.25) is 5.02 Å². The van der Waals surface area contributed by atoms with Crippen molar-refractivity contribution >= 4 is 29.6 Å². The molecule has 28 heavy (non-hydrogen) atoms. The number of nitriles is 1. The Morgan fingerprint density at radius 2 is 1.82 bits per heavy atom. The highest BCUT2D eigenvalue weighted by Gasteiger charge is 2.06.